The maximum atomic E-state index is 2.35. The van der Waals surface area contributed by atoms with Crippen molar-refractivity contribution in [2.75, 3.05) is 0 Å². The summed E-state index contributed by atoms with van der Waals surface area (Å²) in [4.78, 5) is 0. The number of benzene rings is 4. The Balaban J connectivity index is 0.000000296. The molecule has 0 nitrogen and oxygen atoms in total. The molecular weight excluding hydrogens is 731 g/mol. The van der Waals surface area contributed by atoms with Gasteiger partial charge in [-0.2, -0.15) is 12.1 Å². The summed E-state index contributed by atoms with van der Waals surface area (Å²) in [7, 11) is 0. The fourth-order valence-corrected chi connectivity index (χ4v) is 6.00. The Bertz CT molecular complexity index is 1950. The van der Waals surface area contributed by atoms with Gasteiger partial charge in [0.15, 0.2) is 0 Å². The zero-order valence-electron chi connectivity index (χ0n) is 31.6. The Morgan fingerprint density at radius 3 is 1.53 bits per heavy atom. The van der Waals surface area contributed by atoms with E-state index in [0.717, 1.165) is 0 Å². The molecule has 0 fully saturated rings. The van der Waals surface area contributed by atoms with Crippen molar-refractivity contribution in [3.8, 4) is 22.3 Å². The summed E-state index contributed by atoms with van der Waals surface area (Å²) in [6, 6.07) is 38.5. The summed E-state index contributed by atoms with van der Waals surface area (Å²) in [5.41, 5.74) is 12.8. The number of halogens is 2. The maximum absolute atomic E-state index is 2.35. The molecule has 0 saturated heterocycles. The van der Waals surface area contributed by atoms with Gasteiger partial charge in [0.25, 0.3) is 0 Å². The molecule has 6 aromatic carbocycles. The van der Waals surface area contributed by atoms with Crippen molar-refractivity contribution >= 4 is 27.0 Å². The Morgan fingerprint density at radius 2 is 1.06 bits per heavy atom. The Hall–Kier alpha value is -2.22. The number of hydrogen-bond donors (Lipinski definition) is 0. The van der Waals surface area contributed by atoms with Crippen molar-refractivity contribution in [1.82, 2.24) is 0 Å². The smallest absolute Gasteiger partial charge is 0.0132 e. The third-order valence-corrected chi connectivity index (χ3v) is 8.68. The second-order valence-corrected chi connectivity index (χ2v) is 25.1. The van der Waals surface area contributed by atoms with E-state index in [9.17, 15) is 0 Å². The van der Waals surface area contributed by atoms with Gasteiger partial charge in [0.05, 0.1) is 0 Å². The maximum Gasteiger partial charge on any atom is -0.0132 e. The van der Waals surface area contributed by atoms with E-state index in [4.69, 9.17) is 0 Å². The van der Waals surface area contributed by atoms with E-state index in [1.807, 2.05) is 0 Å². The molecular formula is C45H54Cl2SiZr-2. The van der Waals surface area contributed by atoms with Crippen LogP contribution in [0.25, 0.3) is 43.8 Å². The van der Waals surface area contributed by atoms with E-state index in [1.54, 1.807) is 23.3 Å². The van der Waals surface area contributed by atoms with Gasteiger partial charge in [0.2, 0.25) is 0 Å². The summed E-state index contributed by atoms with van der Waals surface area (Å²) >= 11 is 1.74. The molecule has 6 rings (SSSR count). The van der Waals surface area contributed by atoms with Crippen LogP contribution in [0.1, 0.15) is 89.1 Å². The summed E-state index contributed by atoms with van der Waals surface area (Å²) in [5, 5.41) is 5.43. The summed E-state index contributed by atoms with van der Waals surface area (Å²) in [6.07, 6.45) is 0. The molecule has 0 unspecified atom stereocenters. The van der Waals surface area contributed by atoms with E-state index < -0.39 is 0 Å². The average Bonchev–Trinajstić information content (AvgIpc) is 3.59. The van der Waals surface area contributed by atoms with Crippen molar-refractivity contribution in [3.05, 3.63) is 131 Å². The molecule has 6 aromatic rings. The molecule has 0 aliphatic rings. The quantitative estimate of drug-likeness (QED) is 0.128. The van der Waals surface area contributed by atoms with Gasteiger partial charge in [-0.25, -0.2) is 0 Å². The monoisotopic (exact) mass is 782 g/mol. The van der Waals surface area contributed by atoms with Crippen LogP contribution in [0.2, 0.25) is 13.1 Å². The topological polar surface area (TPSA) is 0 Å². The van der Waals surface area contributed by atoms with Crippen LogP contribution in [-0.2, 0) is 34.2 Å². The first-order valence-electron chi connectivity index (χ1n) is 17.0. The van der Waals surface area contributed by atoms with E-state index in [1.165, 1.54) is 71.6 Å². The molecule has 0 atom stereocenters. The molecule has 4 heteroatoms. The van der Waals surface area contributed by atoms with Crippen LogP contribution < -0.4 is 24.8 Å². The second kappa shape index (κ2) is 17.8. The van der Waals surface area contributed by atoms with Crippen LogP contribution in [0.4, 0.5) is 0 Å². The van der Waals surface area contributed by atoms with Gasteiger partial charge >= 0.3 is 41.9 Å². The molecule has 0 saturated carbocycles. The molecule has 0 heterocycles. The number of fused-ring (bicyclic) bond motifs is 2. The standard InChI is InChI=1S/C22H25.C21H23.C2H6Si.2ClH.Zr/c1-15(2)18-13-17-7-6-8-20(21(17)14-18)16-9-11-19(12-10-16)22(3,4)5;1-14-10-17-11-15(2)13-20(17)19(12-14)16-6-8-18(9-7-16)21(3,4)5;1-3-2;;;/h6-15H,1-5H3;6-13H,1-5H3;1-2H3;2*1H;/q2*-1;;;;+2/p-2. The van der Waals surface area contributed by atoms with Gasteiger partial charge in [-0.3, -0.25) is 0 Å². The van der Waals surface area contributed by atoms with Crippen molar-refractivity contribution in [2.24, 2.45) is 0 Å². The van der Waals surface area contributed by atoms with E-state index in [0.29, 0.717) is 5.92 Å². The number of aryl methyl sites for hydroxylation is 2. The van der Waals surface area contributed by atoms with Gasteiger partial charge in [0.1, 0.15) is 0 Å². The fourth-order valence-electron chi connectivity index (χ4n) is 6.00. The van der Waals surface area contributed by atoms with E-state index in [-0.39, 0.29) is 41.1 Å². The summed E-state index contributed by atoms with van der Waals surface area (Å²) in [5.74, 6) is 0.573. The van der Waals surface area contributed by atoms with Gasteiger partial charge in [-0.1, -0.05) is 140 Å². The zero-order chi connectivity index (χ0) is 34.7. The molecule has 0 bridgehead atoms. The van der Waals surface area contributed by atoms with Crippen molar-refractivity contribution in [1.29, 1.82) is 0 Å². The molecule has 0 aliphatic heterocycles. The zero-order valence-corrected chi connectivity index (χ0v) is 36.6. The summed E-state index contributed by atoms with van der Waals surface area (Å²) < 4.78 is 0. The predicted molar refractivity (Wildman–Crippen MR) is 208 cm³/mol. The number of rotatable bonds is 3. The van der Waals surface area contributed by atoms with Crippen LogP contribution in [0.3, 0.4) is 0 Å². The molecule has 0 aliphatic carbocycles. The van der Waals surface area contributed by atoms with Crippen LogP contribution >= 0.6 is 0 Å². The van der Waals surface area contributed by atoms with Crippen LogP contribution in [0, 0.1) is 13.8 Å². The first-order valence-corrected chi connectivity index (χ1v) is 23.2. The van der Waals surface area contributed by atoms with Crippen molar-refractivity contribution in [3.63, 3.8) is 0 Å². The van der Waals surface area contributed by atoms with Crippen LogP contribution in [-0.4, -0.2) is 5.43 Å². The minimum atomic E-state index is 0. The Morgan fingerprint density at radius 1 is 0.592 bits per heavy atom. The van der Waals surface area contributed by atoms with E-state index in [2.05, 4.69) is 185 Å². The first-order chi connectivity index (χ1) is 21.9. The number of hydrogen-bond acceptors (Lipinski definition) is 0. The SMILES string of the molecule is CC(C)c1cc2c(-c3ccc(C(C)(C)C)cc3)cccc2[cH-]1.C[Si](C)=[Zr+2].Cc1cc(-c2ccc(C(C)(C)C)cc2)c2cc(C)[cH-]c2c1.[Cl-].[Cl-]. The molecule has 0 N–H and O–H groups in total. The van der Waals surface area contributed by atoms with Gasteiger partial charge < -0.3 is 24.8 Å². The largest absolute Gasteiger partial charge is 1.00 e. The molecule has 0 aromatic heterocycles. The third-order valence-electron chi connectivity index (χ3n) is 8.68. The first kappa shape index (κ1) is 42.9. The van der Waals surface area contributed by atoms with Crippen LogP contribution in [0.15, 0.2) is 103 Å². The summed E-state index contributed by atoms with van der Waals surface area (Å²) in [6.45, 7) is 27.0. The average molecular weight is 785 g/mol. The van der Waals surface area contributed by atoms with Crippen molar-refractivity contribution < 1.29 is 48.1 Å². The Kier molecular flexibility index (Phi) is 15.6. The Labute approximate surface area is 325 Å². The molecule has 258 valence electrons. The predicted octanol–water partition coefficient (Wildman–Crippen LogP) is 7.58. The second-order valence-electron chi connectivity index (χ2n) is 15.8. The minimum absolute atomic E-state index is 0. The van der Waals surface area contributed by atoms with Crippen molar-refractivity contribution in [2.45, 2.75) is 99.1 Å². The van der Waals surface area contributed by atoms with Gasteiger partial charge in [0, 0.05) is 0 Å². The fraction of sp³-hybridized carbons (Fsp3) is 0.333. The van der Waals surface area contributed by atoms with E-state index >= 15 is 0 Å². The third kappa shape index (κ3) is 11.4. The molecule has 49 heavy (non-hydrogen) atoms. The normalized spacial score (nSPS) is 11.2. The molecule has 0 amide bonds. The van der Waals surface area contributed by atoms with Gasteiger partial charge in [-0.15, -0.1) is 63.0 Å². The molecule has 0 radical (unpaired) electrons. The van der Waals surface area contributed by atoms with Gasteiger partial charge in [-0.05, 0) is 45.9 Å². The van der Waals surface area contributed by atoms with Crippen LogP contribution in [0.5, 0.6) is 0 Å². The molecule has 0 spiro atoms. The minimum Gasteiger partial charge on any atom is -1.00 e.